The number of carboxylic acids is 1. The highest BCUT2D eigenvalue weighted by atomic mass is 16.4. The minimum Gasteiger partial charge on any atom is -0.508 e. The van der Waals surface area contributed by atoms with Crippen molar-refractivity contribution in [3.63, 3.8) is 0 Å². The number of nitrogens with zero attached hydrogens (tertiary/aromatic N) is 1. The van der Waals surface area contributed by atoms with Crippen molar-refractivity contribution in [3.8, 4) is 11.5 Å². The van der Waals surface area contributed by atoms with E-state index in [1.54, 1.807) is 24.3 Å². The molecular weight excluding hydrogens is 548 g/mol. The van der Waals surface area contributed by atoms with Gasteiger partial charge < -0.3 is 47.1 Å². The quantitative estimate of drug-likeness (QED) is 0.113. The highest BCUT2D eigenvalue weighted by Gasteiger charge is 2.33. The smallest absolute Gasteiger partial charge is 0.326 e. The lowest BCUT2D eigenvalue weighted by Gasteiger charge is -2.26. The number of amides is 3. The van der Waals surface area contributed by atoms with Gasteiger partial charge in [0.15, 0.2) is 0 Å². The third-order valence-electron chi connectivity index (χ3n) is 6.39. The summed E-state index contributed by atoms with van der Waals surface area (Å²) in [5.74, 6) is -3.76. The largest absolute Gasteiger partial charge is 0.508 e. The van der Waals surface area contributed by atoms with Crippen molar-refractivity contribution in [2.24, 2.45) is 5.73 Å². The van der Waals surface area contributed by atoms with Crippen molar-refractivity contribution >= 4 is 23.7 Å². The average Bonchev–Trinajstić information content (AvgIpc) is 3.46. The molecule has 0 spiro atoms. The van der Waals surface area contributed by atoms with E-state index in [0.717, 1.165) is 0 Å². The highest BCUT2D eigenvalue weighted by Crippen LogP contribution is 2.13. The lowest BCUT2D eigenvalue weighted by molar-refractivity contribution is -0.143. The zero-order valence-electron chi connectivity index (χ0n) is 22.7. The Morgan fingerprint density at radius 2 is 1.36 bits per heavy atom. The number of hydrogen-bond donors (Lipinski definition) is 9. The van der Waals surface area contributed by atoms with E-state index in [2.05, 4.69) is 25.9 Å². The molecular formula is C28H34N6O8. The lowest BCUT2D eigenvalue weighted by atomic mass is 10.0. The Morgan fingerprint density at radius 3 is 1.86 bits per heavy atom. The Bertz CT molecular complexity index is 1350. The number of carboxylic acid groups (broad SMARTS) is 1. The van der Waals surface area contributed by atoms with Crippen molar-refractivity contribution < 1.29 is 39.6 Å². The number of aliphatic hydroxyl groups is 1. The second-order valence-corrected chi connectivity index (χ2v) is 9.82. The SMILES string of the molecule is CC(O)C(NC(=O)C(Cc1ccc(O)cc1)NC(=O)C(N)Cc1ccc(O)cc1)C(=O)NC(Cc1cnc[nH]1)C(=O)O. The van der Waals surface area contributed by atoms with Crippen molar-refractivity contribution in [2.45, 2.75) is 56.5 Å². The number of aromatic hydroxyl groups is 2. The average molecular weight is 583 g/mol. The molecule has 224 valence electrons. The van der Waals surface area contributed by atoms with Gasteiger partial charge in [0.05, 0.1) is 18.5 Å². The molecule has 3 rings (SSSR count). The Balaban J connectivity index is 1.75. The third-order valence-corrected chi connectivity index (χ3v) is 6.39. The van der Waals surface area contributed by atoms with E-state index in [4.69, 9.17) is 5.73 Å². The topological polar surface area (TPSA) is 240 Å². The monoisotopic (exact) mass is 582 g/mol. The standard InChI is InChI=1S/C28H34N6O8/c1-15(35)24(27(40)33-23(28(41)42)12-18-13-30-14-31-18)34-26(39)22(11-17-4-8-20(37)9-5-17)32-25(38)21(29)10-16-2-6-19(36)7-3-16/h2-9,13-15,21-24,35-37H,10-12,29H2,1H3,(H,30,31)(H,32,38)(H,33,40)(H,34,39)(H,41,42). The zero-order chi connectivity index (χ0) is 30.8. The first-order valence-electron chi connectivity index (χ1n) is 13.0. The number of aliphatic hydroxyl groups excluding tert-OH is 1. The minimum atomic E-state index is -1.56. The summed E-state index contributed by atoms with van der Waals surface area (Å²) in [6.45, 7) is 1.25. The van der Waals surface area contributed by atoms with Gasteiger partial charge in [-0.3, -0.25) is 14.4 Å². The first kappa shape index (κ1) is 31.6. The number of nitrogens with two attached hydrogens (primary N) is 1. The maximum atomic E-state index is 13.4. The summed E-state index contributed by atoms with van der Waals surface area (Å²) in [7, 11) is 0. The summed E-state index contributed by atoms with van der Waals surface area (Å²) in [4.78, 5) is 57.7. The van der Waals surface area contributed by atoms with E-state index < -0.39 is 54.0 Å². The second kappa shape index (κ2) is 14.6. The molecule has 14 nitrogen and oxygen atoms in total. The summed E-state index contributed by atoms with van der Waals surface area (Å²) in [6, 6.07) is 6.72. The van der Waals surface area contributed by atoms with Crippen LogP contribution in [0.3, 0.4) is 0 Å². The van der Waals surface area contributed by atoms with Gasteiger partial charge in [-0.25, -0.2) is 9.78 Å². The van der Waals surface area contributed by atoms with Gasteiger partial charge in [-0.15, -0.1) is 0 Å². The van der Waals surface area contributed by atoms with Crippen LogP contribution in [-0.4, -0.2) is 84.4 Å². The van der Waals surface area contributed by atoms with Gasteiger partial charge in [0.1, 0.15) is 29.6 Å². The van der Waals surface area contributed by atoms with E-state index >= 15 is 0 Å². The number of hydrogen-bond acceptors (Lipinski definition) is 9. The fourth-order valence-corrected chi connectivity index (χ4v) is 4.07. The van der Waals surface area contributed by atoms with Gasteiger partial charge >= 0.3 is 5.97 Å². The fraction of sp³-hybridized carbons (Fsp3) is 0.321. The zero-order valence-corrected chi connectivity index (χ0v) is 22.7. The molecule has 2 aromatic carbocycles. The number of H-pyrrole nitrogens is 1. The molecule has 0 fully saturated rings. The Hall–Kier alpha value is -4.95. The predicted molar refractivity (Wildman–Crippen MR) is 149 cm³/mol. The minimum absolute atomic E-state index is 0.00587. The second-order valence-electron chi connectivity index (χ2n) is 9.82. The van der Waals surface area contributed by atoms with Crippen LogP contribution in [0.1, 0.15) is 23.7 Å². The highest BCUT2D eigenvalue weighted by molar-refractivity contribution is 5.94. The molecule has 5 unspecified atom stereocenters. The van der Waals surface area contributed by atoms with Crippen LogP contribution in [0.15, 0.2) is 61.1 Å². The summed E-state index contributed by atoms with van der Waals surface area (Å²) >= 11 is 0. The number of benzene rings is 2. The van der Waals surface area contributed by atoms with Crippen molar-refractivity contribution in [2.75, 3.05) is 0 Å². The van der Waals surface area contributed by atoms with Crippen LogP contribution in [0.25, 0.3) is 0 Å². The summed E-state index contributed by atoms with van der Waals surface area (Å²) in [5, 5.41) is 46.3. The Morgan fingerprint density at radius 1 is 0.810 bits per heavy atom. The van der Waals surface area contributed by atoms with Gasteiger partial charge in [0, 0.05) is 24.7 Å². The number of carbonyl (C=O) groups is 4. The molecule has 3 amide bonds. The van der Waals surface area contributed by atoms with Crippen LogP contribution < -0.4 is 21.7 Å². The van der Waals surface area contributed by atoms with Crippen molar-refractivity contribution in [1.29, 1.82) is 0 Å². The van der Waals surface area contributed by atoms with Crippen LogP contribution >= 0.6 is 0 Å². The molecule has 0 saturated carbocycles. The number of imidazole rings is 1. The van der Waals surface area contributed by atoms with Crippen LogP contribution in [-0.2, 0) is 38.4 Å². The molecule has 1 aromatic heterocycles. The van der Waals surface area contributed by atoms with Crippen LogP contribution in [0.4, 0.5) is 0 Å². The van der Waals surface area contributed by atoms with Gasteiger partial charge in [-0.1, -0.05) is 24.3 Å². The predicted octanol–water partition coefficient (Wildman–Crippen LogP) is -0.904. The molecule has 0 aliphatic carbocycles. The molecule has 0 aliphatic rings. The fourth-order valence-electron chi connectivity index (χ4n) is 4.07. The van der Waals surface area contributed by atoms with Crippen molar-refractivity contribution in [3.05, 3.63) is 77.9 Å². The molecule has 0 saturated heterocycles. The number of phenolic OH excluding ortho intramolecular Hbond substituents is 2. The molecule has 10 N–H and O–H groups in total. The molecule has 1 heterocycles. The van der Waals surface area contributed by atoms with Crippen LogP contribution in [0, 0.1) is 0 Å². The van der Waals surface area contributed by atoms with E-state index in [1.165, 1.54) is 43.7 Å². The Kier molecular flexibility index (Phi) is 11.0. The van der Waals surface area contributed by atoms with Gasteiger partial charge in [0.25, 0.3) is 0 Å². The Labute approximate surface area is 241 Å². The molecule has 0 aliphatic heterocycles. The number of rotatable bonds is 14. The third kappa shape index (κ3) is 9.31. The van der Waals surface area contributed by atoms with Crippen LogP contribution in [0.5, 0.6) is 11.5 Å². The molecule has 14 heteroatoms. The first-order valence-corrected chi connectivity index (χ1v) is 13.0. The van der Waals surface area contributed by atoms with E-state index in [-0.39, 0.29) is 30.8 Å². The van der Waals surface area contributed by atoms with Crippen LogP contribution in [0.2, 0.25) is 0 Å². The van der Waals surface area contributed by atoms with Gasteiger partial charge in [-0.05, 0) is 48.7 Å². The molecule has 5 atom stereocenters. The number of carbonyl (C=O) groups excluding carboxylic acids is 3. The summed E-state index contributed by atoms with van der Waals surface area (Å²) in [6.07, 6.45) is 1.24. The van der Waals surface area contributed by atoms with Crippen molar-refractivity contribution in [1.82, 2.24) is 25.9 Å². The lowest BCUT2D eigenvalue weighted by Crippen LogP contribution is -2.60. The summed E-state index contributed by atoms with van der Waals surface area (Å²) < 4.78 is 0. The maximum absolute atomic E-state index is 13.4. The van der Waals surface area contributed by atoms with E-state index in [0.29, 0.717) is 16.8 Å². The van der Waals surface area contributed by atoms with Gasteiger partial charge in [-0.2, -0.15) is 0 Å². The van der Waals surface area contributed by atoms with E-state index in [9.17, 15) is 39.6 Å². The molecule has 42 heavy (non-hydrogen) atoms. The number of aromatic nitrogens is 2. The van der Waals surface area contributed by atoms with Gasteiger partial charge in [0.2, 0.25) is 17.7 Å². The number of aromatic amines is 1. The number of nitrogens with one attached hydrogen (secondary N) is 4. The first-order chi connectivity index (χ1) is 19.9. The summed E-state index contributed by atoms with van der Waals surface area (Å²) in [5.41, 5.74) is 7.75. The van der Waals surface area contributed by atoms with E-state index in [1.807, 2.05) is 0 Å². The maximum Gasteiger partial charge on any atom is 0.326 e. The number of aliphatic carboxylic acids is 1. The normalized spacial score (nSPS) is 14.5. The molecule has 0 radical (unpaired) electrons. The molecule has 3 aromatic rings. The molecule has 0 bridgehead atoms. The number of phenols is 2.